The molecule has 178 valence electrons. The van der Waals surface area contributed by atoms with Crippen molar-refractivity contribution in [2.45, 2.75) is 31.7 Å². The molecule has 0 unspecified atom stereocenters. The molecule has 0 saturated heterocycles. The van der Waals surface area contributed by atoms with Crippen LogP contribution in [0.3, 0.4) is 0 Å². The maximum atomic E-state index is 13.3. The number of ether oxygens (including phenoxy) is 2. The Morgan fingerprint density at radius 2 is 1.69 bits per heavy atom. The predicted octanol–water partition coefficient (Wildman–Crippen LogP) is 4.30. The van der Waals surface area contributed by atoms with Crippen molar-refractivity contribution in [2.24, 2.45) is 0 Å². The van der Waals surface area contributed by atoms with Crippen molar-refractivity contribution < 1.29 is 14.3 Å². The molecule has 1 amide bonds. The zero-order chi connectivity index (χ0) is 24.4. The standard InChI is InChI=1S/C25H24N6O3S/c1-15-4-7-19(8-5-15)31-20(14-35-25-26-16(2)12-17(3)27-25)23(29-30-31)24(32)28-18-6-9-21-22(13-18)34-11-10-33-21/h4-9,12-13H,10-11,14H2,1-3H3,(H,28,32). The average Bonchev–Trinajstić information content (AvgIpc) is 3.26. The summed E-state index contributed by atoms with van der Waals surface area (Å²) in [5.74, 6) is 1.30. The Morgan fingerprint density at radius 1 is 0.971 bits per heavy atom. The number of aromatic nitrogens is 5. The van der Waals surface area contributed by atoms with Crippen molar-refractivity contribution in [3.63, 3.8) is 0 Å². The molecule has 1 N–H and O–H groups in total. The lowest BCUT2D eigenvalue weighted by atomic mass is 10.2. The summed E-state index contributed by atoms with van der Waals surface area (Å²) >= 11 is 1.44. The maximum Gasteiger partial charge on any atom is 0.278 e. The highest BCUT2D eigenvalue weighted by Crippen LogP contribution is 2.33. The summed E-state index contributed by atoms with van der Waals surface area (Å²) in [6, 6.07) is 15.1. The number of nitrogens with zero attached hydrogens (tertiary/aromatic N) is 5. The molecule has 1 aliphatic rings. The van der Waals surface area contributed by atoms with Crippen LogP contribution in [0.2, 0.25) is 0 Å². The number of benzene rings is 2. The Kier molecular flexibility index (Phi) is 6.37. The SMILES string of the molecule is Cc1ccc(-n2nnc(C(=O)Nc3ccc4c(c3)OCCO4)c2CSc2nc(C)cc(C)n2)cc1. The van der Waals surface area contributed by atoms with E-state index in [9.17, 15) is 4.79 Å². The summed E-state index contributed by atoms with van der Waals surface area (Å²) in [6.45, 7) is 6.86. The lowest BCUT2D eigenvalue weighted by molar-refractivity contribution is 0.102. The fourth-order valence-electron chi connectivity index (χ4n) is 3.70. The molecule has 0 spiro atoms. The van der Waals surface area contributed by atoms with Gasteiger partial charge < -0.3 is 14.8 Å². The summed E-state index contributed by atoms with van der Waals surface area (Å²) in [6.07, 6.45) is 0. The van der Waals surface area contributed by atoms with Gasteiger partial charge in [0.15, 0.2) is 22.3 Å². The topological polar surface area (TPSA) is 104 Å². The highest BCUT2D eigenvalue weighted by Gasteiger charge is 2.22. The minimum absolute atomic E-state index is 0.234. The maximum absolute atomic E-state index is 13.3. The molecule has 0 fully saturated rings. The lowest BCUT2D eigenvalue weighted by Crippen LogP contribution is -2.17. The summed E-state index contributed by atoms with van der Waals surface area (Å²) in [7, 11) is 0. The largest absolute Gasteiger partial charge is 0.486 e. The number of rotatable bonds is 6. The fraction of sp³-hybridized carbons (Fsp3) is 0.240. The molecule has 2 aromatic carbocycles. The van der Waals surface area contributed by atoms with Gasteiger partial charge in [-0.1, -0.05) is 34.7 Å². The van der Waals surface area contributed by atoms with Gasteiger partial charge in [-0.15, -0.1) is 5.10 Å². The van der Waals surface area contributed by atoms with Crippen LogP contribution in [0.1, 0.15) is 33.1 Å². The first-order chi connectivity index (χ1) is 17.0. The van der Waals surface area contributed by atoms with Crippen LogP contribution in [0, 0.1) is 20.8 Å². The van der Waals surface area contributed by atoms with Gasteiger partial charge in [-0.25, -0.2) is 14.6 Å². The van der Waals surface area contributed by atoms with Crippen LogP contribution in [0.5, 0.6) is 11.5 Å². The second-order valence-electron chi connectivity index (χ2n) is 8.17. The number of thioether (sulfide) groups is 1. The summed E-state index contributed by atoms with van der Waals surface area (Å²) in [5, 5.41) is 12.1. The van der Waals surface area contributed by atoms with Crippen LogP contribution in [-0.4, -0.2) is 44.1 Å². The van der Waals surface area contributed by atoms with Gasteiger partial charge in [0.25, 0.3) is 5.91 Å². The predicted molar refractivity (Wildman–Crippen MR) is 133 cm³/mol. The minimum Gasteiger partial charge on any atom is -0.486 e. The first-order valence-corrected chi connectivity index (χ1v) is 12.1. The van der Waals surface area contributed by atoms with Crippen molar-refractivity contribution in [2.75, 3.05) is 18.5 Å². The number of carbonyl (C=O) groups excluding carboxylic acids is 1. The molecule has 10 heteroatoms. The number of aryl methyl sites for hydroxylation is 3. The fourth-order valence-corrected chi connectivity index (χ4v) is 4.65. The second-order valence-corrected chi connectivity index (χ2v) is 9.11. The molecule has 0 saturated carbocycles. The molecule has 5 rings (SSSR count). The van der Waals surface area contributed by atoms with Gasteiger partial charge in [-0.3, -0.25) is 4.79 Å². The summed E-state index contributed by atoms with van der Waals surface area (Å²) in [4.78, 5) is 22.3. The zero-order valence-corrected chi connectivity index (χ0v) is 20.4. The van der Waals surface area contributed by atoms with Crippen LogP contribution in [-0.2, 0) is 5.75 Å². The van der Waals surface area contributed by atoms with Crippen LogP contribution in [0.25, 0.3) is 5.69 Å². The third-order valence-electron chi connectivity index (χ3n) is 5.36. The molecule has 35 heavy (non-hydrogen) atoms. The Balaban J connectivity index is 1.45. The van der Waals surface area contributed by atoms with E-state index in [-0.39, 0.29) is 11.6 Å². The molecule has 9 nitrogen and oxygen atoms in total. The first kappa shape index (κ1) is 22.9. The van der Waals surface area contributed by atoms with Crippen molar-refractivity contribution in [3.05, 3.63) is 76.9 Å². The molecule has 0 aliphatic carbocycles. The van der Waals surface area contributed by atoms with Gasteiger partial charge >= 0.3 is 0 Å². The van der Waals surface area contributed by atoms with E-state index in [0.29, 0.717) is 47.0 Å². The van der Waals surface area contributed by atoms with Gasteiger partial charge in [0.2, 0.25) is 0 Å². The molecule has 1 aliphatic heterocycles. The summed E-state index contributed by atoms with van der Waals surface area (Å²) in [5.41, 5.74) is 5.20. The van der Waals surface area contributed by atoms with Crippen molar-refractivity contribution in [3.8, 4) is 17.2 Å². The Bertz CT molecular complexity index is 1370. The van der Waals surface area contributed by atoms with E-state index in [2.05, 4.69) is 25.6 Å². The van der Waals surface area contributed by atoms with Gasteiger partial charge in [0, 0.05) is 28.9 Å². The van der Waals surface area contributed by atoms with Crippen molar-refractivity contribution >= 4 is 23.4 Å². The third kappa shape index (κ3) is 5.12. The van der Waals surface area contributed by atoms with E-state index < -0.39 is 0 Å². The van der Waals surface area contributed by atoms with E-state index >= 15 is 0 Å². The summed E-state index contributed by atoms with van der Waals surface area (Å²) < 4.78 is 12.9. The number of hydrogen-bond acceptors (Lipinski definition) is 8. The van der Waals surface area contributed by atoms with Crippen molar-refractivity contribution in [1.82, 2.24) is 25.0 Å². The smallest absolute Gasteiger partial charge is 0.278 e. The molecule has 0 radical (unpaired) electrons. The number of amides is 1. The van der Waals surface area contributed by atoms with E-state index in [1.165, 1.54) is 11.8 Å². The average molecular weight is 489 g/mol. The van der Waals surface area contributed by atoms with E-state index in [1.807, 2.05) is 51.1 Å². The highest BCUT2D eigenvalue weighted by molar-refractivity contribution is 7.98. The zero-order valence-electron chi connectivity index (χ0n) is 19.6. The van der Waals surface area contributed by atoms with Gasteiger partial charge in [0.05, 0.1) is 11.4 Å². The van der Waals surface area contributed by atoms with Crippen LogP contribution >= 0.6 is 11.8 Å². The van der Waals surface area contributed by atoms with Gasteiger partial charge in [0.1, 0.15) is 13.2 Å². The Labute approximate surface area is 206 Å². The van der Waals surface area contributed by atoms with Gasteiger partial charge in [-0.05, 0) is 51.1 Å². The van der Waals surface area contributed by atoms with Crippen LogP contribution in [0.15, 0.2) is 53.7 Å². The molecule has 0 atom stereocenters. The number of nitrogens with one attached hydrogen (secondary N) is 1. The molecule has 0 bridgehead atoms. The minimum atomic E-state index is -0.364. The second kappa shape index (κ2) is 9.75. The lowest BCUT2D eigenvalue weighted by Gasteiger charge is -2.18. The number of carbonyl (C=O) groups is 1. The molecule has 3 heterocycles. The van der Waals surface area contributed by atoms with E-state index in [1.54, 1.807) is 22.9 Å². The highest BCUT2D eigenvalue weighted by atomic mass is 32.2. The normalized spacial score (nSPS) is 12.4. The number of hydrogen-bond donors (Lipinski definition) is 1. The van der Waals surface area contributed by atoms with E-state index in [4.69, 9.17) is 9.47 Å². The van der Waals surface area contributed by atoms with Crippen molar-refractivity contribution in [1.29, 1.82) is 0 Å². The number of anilines is 1. The monoisotopic (exact) mass is 488 g/mol. The third-order valence-corrected chi connectivity index (χ3v) is 6.22. The van der Waals surface area contributed by atoms with Crippen LogP contribution in [0.4, 0.5) is 5.69 Å². The quantitative estimate of drug-likeness (QED) is 0.317. The molecule has 2 aromatic heterocycles. The Hall–Kier alpha value is -3.92. The molecular weight excluding hydrogens is 464 g/mol. The first-order valence-electron chi connectivity index (χ1n) is 11.1. The van der Waals surface area contributed by atoms with Gasteiger partial charge in [-0.2, -0.15) is 0 Å². The Morgan fingerprint density at radius 3 is 2.43 bits per heavy atom. The number of fused-ring (bicyclic) bond motifs is 1. The van der Waals surface area contributed by atoms with Crippen LogP contribution < -0.4 is 14.8 Å². The molecular formula is C25H24N6O3S. The molecule has 4 aromatic rings. The van der Waals surface area contributed by atoms with E-state index in [0.717, 1.165) is 22.6 Å².